The van der Waals surface area contributed by atoms with Crippen molar-refractivity contribution in [3.8, 4) is 11.5 Å². The minimum absolute atomic E-state index is 0.107. The van der Waals surface area contributed by atoms with Gasteiger partial charge in [-0.15, -0.1) is 0 Å². The number of nitrogens with zero attached hydrogens (tertiary/aromatic N) is 2. The first-order valence-corrected chi connectivity index (χ1v) is 10.6. The zero-order valence-corrected chi connectivity index (χ0v) is 17.4. The number of ether oxygens (including phenoxy) is 3. The molecule has 2 aliphatic rings. The number of carbonyl (C=O) groups is 1. The molecule has 2 heterocycles. The third kappa shape index (κ3) is 5.02. The van der Waals surface area contributed by atoms with Crippen LogP contribution in [0.1, 0.15) is 43.0 Å². The first-order valence-electron chi connectivity index (χ1n) is 10.6. The Balaban J connectivity index is 1.40. The molecule has 1 aliphatic heterocycles. The van der Waals surface area contributed by atoms with E-state index in [1.165, 1.54) is 12.8 Å². The van der Waals surface area contributed by atoms with Crippen molar-refractivity contribution in [2.75, 3.05) is 26.8 Å². The van der Waals surface area contributed by atoms with Crippen LogP contribution < -0.4 is 14.8 Å². The standard InChI is InChI=1S/C23H29N3O4/c1-28-20-10-9-17(14-21(20)30-19-7-2-3-8-19)22-16-26(12-13-29-22)23(27)25-15-18-6-4-5-11-24-18/h4-6,9-11,14,19,22H,2-3,7-8,12-13,15-16H2,1H3,(H,25,27). The maximum absolute atomic E-state index is 12.6. The normalized spacial score (nSPS) is 19.5. The van der Waals surface area contributed by atoms with Crippen LogP contribution in [0.15, 0.2) is 42.6 Å². The minimum atomic E-state index is -0.198. The van der Waals surface area contributed by atoms with Gasteiger partial charge in [0.05, 0.1) is 38.6 Å². The number of morpholine rings is 1. The topological polar surface area (TPSA) is 72.9 Å². The molecule has 1 aromatic carbocycles. The van der Waals surface area contributed by atoms with Crippen LogP contribution in [0.3, 0.4) is 0 Å². The van der Waals surface area contributed by atoms with Gasteiger partial charge in [0.1, 0.15) is 6.10 Å². The largest absolute Gasteiger partial charge is 0.493 e. The van der Waals surface area contributed by atoms with Gasteiger partial charge in [0, 0.05) is 12.7 Å². The van der Waals surface area contributed by atoms with Crippen LogP contribution in [0.4, 0.5) is 4.79 Å². The molecule has 1 saturated heterocycles. The van der Waals surface area contributed by atoms with Crippen LogP contribution in [0, 0.1) is 0 Å². The zero-order valence-electron chi connectivity index (χ0n) is 17.4. The summed E-state index contributed by atoms with van der Waals surface area (Å²) in [6.07, 6.45) is 6.35. The van der Waals surface area contributed by atoms with Crippen molar-refractivity contribution in [1.29, 1.82) is 0 Å². The van der Waals surface area contributed by atoms with Crippen LogP contribution >= 0.6 is 0 Å². The van der Waals surface area contributed by atoms with Gasteiger partial charge in [0.2, 0.25) is 0 Å². The highest BCUT2D eigenvalue weighted by Gasteiger charge is 2.27. The Morgan fingerprint density at radius 3 is 2.87 bits per heavy atom. The van der Waals surface area contributed by atoms with E-state index in [0.717, 1.165) is 35.6 Å². The molecule has 2 aromatic rings. The number of rotatable bonds is 6. The summed E-state index contributed by atoms with van der Waals surface area (Å²) < 4.78 is 17.7. The van der Waals surface area contributed by atoms with Crippen molar-refractivity contribution >= 4 is 6.03 Å². The molecule has 7 heteroatoms. The van der Waals surface area contributed by atoms with Crippen LogP contribution in [0.2, 0.25) is 0 Å². The Bertz CT molecular complexity index is 840. The van der Waals surface area contributed by atoms with Crippen molar-refractivity contribution in [3.05, 3.63) is 53.9 Å². The van der Waals surface area contributed by atoms with Crippen LogP contribution in [-0.4, -0.2) is 48.8 Å². The molecular weight excluding hydrogens is 382 g/mol. The lowest BCUT2D eigenvalue weighted by Gasteiger charge is -2.33. The second-order valence-electron chi connectivity index (χ2n) is 7.72. The van der Waals surface area contributed by atoms with Crippen molar-refractivity contribution in [3.63, 3.8) is 0 Å². The highest BCUT2D eigenvalue weighted by molar-refractivity contribution is 5.74. The SMILES string of the molecule is COc1ccc(C2CN(C(=O)NCc3ccccn3)CCO2)cc1OC1CCCC1. The number of pyridine rings is 1. The van der Waals surface area contributed by atoms with E-state index in [4.69, 9.17) is 14.2 Å². The summed E-state index contributed by atoms with van der Waals surface area (Å²) in [4.78, 5) is 18.7. The van der Waals surface area contributed by atoms with Gasteiger partial charge in [-0.1, -0.05) is 12.1 Å². The molecule has 1 aliphatic carbocycles. The van der Waals surface area contributed by atoms with Gasteiger partial charge in [-0.05, 0) is 55.5 Å². The van der Waals surface area contributed by atoms with E-state index in [2.05, 4.69) is 10.3 Å². The van der Waals surface area contributed by atoms with Crippen LogP contribution in [0.25, 0.3) is 0 Å². The molecule has 0 spiro atoms. The lowest BCUT2D eigenvalue weighted by atomic mass is 10.1. The van der Waals surface area contributed by atoms with Gasteiger partial charge in [-0.25, -0.2) is 4.79 Å². The van der Waals surface area contributed by atoms with Gasteiger partial charge < -0.3 is 24.4 Å². The van der Waals surface area contributed by atoms with E-state index >= 15 is 0 Å². The van der Waals surface area contributed by atoms with E-state index in [0.29, 0.717) is 26.2 Å². The summed E-state index contributed by atoms with van der Waals surface area (Å²) in [6, 6.07) is 11.5. The number of amides is 2. The van der Waals surface area contributed by atoms with Gasteiger partial charge in [-0.3, -0.25) is 4.98 Å². The lowest BCUT2D eigenvalue weighted by molar-refractivity contribution is -0.0156. The second kappa shape index (κ2) is 9.80. The molecule has 1 N–H and O–H groups in total. The van der Waals surface area contributed by atoms with Gasteiger partial charge in [0.25, 0.3) is 0 Å². The molecule has 1 aromatic heterocycles. The van der Waals surface area contributed by atoms with Gasteiger partial charge >= 0.3 is 6.03 Å². The summed E-state index contributed by atoms with van der Waals surface area (Å²) in [5.41, 5.74) is 1.82. The Morgan fingerprint density at radius 1 is 1.23 bits per heavy atom. The highest BCUT2D eigenvalue weighted by atomic mass is 16.5. The monoisotopic (exact) mass is 411 g/mol. The number of nitrogens with one attached hydrogen (secondary N) is 1. The number of urea groups is 1. The van der Waals surface area contributed by atoms with E-state index < -0.39 is 0 Å². The minimum Gasteiger partial charge on any atom is -0.493 e. The van der Waals surface area contributed by atoms with E-state index in [-0.39, 0.29) is 18.2 Å². The third-order valence-electron chi connectivity index (χ3n) is 5.66. The maximum Gasteiger partial charge on any atom is 0.317 e. The fourth-order valence-corrected chi connectivity index (χ4v) is 3.99. The third-order valence-corrected chi connectivity index (χ3v) is 5.66. The fourth-order valence-electron chi connectivity index (χ4n) is 3.99. The second-order valence-corrected chi connectivity index (χ2v) is 7.72. The zero-order chi connectivity index (χ0) is 20.8. The highest BCUT2D eigenvalue weighted by Crippen LogP contribution is 2.35. The number of carbonyl (C=O) groups excluding carboxylic acids is 1. The number of hydrogen-bond acceptors (Lipinski definition) is 5. The number of aromatic nitrogens is 1. The predicted molar refractivity (Wildman–Crippen MR) is 113 cm³/mol. The molecule has 4 rings (SSSR count). The van der Waals surface area contributed by atoms with E-state index in [9.17, 15) is 4.79 Å². The van der Waals surface area contributed by atoms with Crippen molar-refractivity contribution < 1.29 is 19.0 Å². The molecule has 1 saturated carbocycles. The summed E-state index contributed by atoms with van der Waals surface area (Å²) in [6.45, 7) is 1.95. The Labute approximate surface area is 177 Å². The lowest BCUT2D eigenvalue weighted by Crippen LogP contribution is -2.47. The predicted octanol–water partition coefficient (Wildman–Crippen LogP) is 3.69. The maximum atomic E-state index is 12.6. The number of benzene rings is 1. The van der Waals surface area contributed by atoms with Crippen LogP contribution in [0.5, 0.6) is 11.5 Å². The Kier molecular flexibility index (Phi) is 6.69. The summed E-state index contributed by atoms with van der Waals surface area (Å²) >= 11 is 0. The summed E-state index contributed by atoms with van der Waals surface area (Å²) in [7, 11) is 1.65. The fraction of sp³-hybridized carbons (Fsp3) is 0.478. The van der Waals surface area contributed by atoms with Crippen LogP contribution in [-0.2, 0) is 11.3 Å². The Hall–Kier alpha value is -2.80. The first kappa shape index (κ1) is 20.5. The summed E-state index contributed by atoms with van der Waals surface area (Å²) in [5.74, 6) is 1.48. The molecule has 7 nitrogen and oxygen atoms in total. The van der Waals surface area contributed by atoms with E-state index in [1.54, 1.807) is 18.2 Å². The van der Waals surface area contributed by atoms with Crippen molar-refractivity contribution in [1.82, 2.24) is 15.2 Å². The van der Waals surface area contributed by atoms with Gasteiger partial charge in [-0.2, -0.15) is 0 Å². The molecule has 0 bridgehead atoms. The van der Waals surface area contributed by atoms with Crippen molar-refractivity contribution in [2.45, 2.75) is 44.4 Å². The molecule has 2 amide bonds. The molecular formula is C23H29N3O4. The smallest absolute Gasteiger partial charge is 0.317 e. The molecule has 30 heavy (non-hydrogen) atoms. The Morgan fingerprint density at radius 2 is 2.10 bits per heavy atom. The molecule has 1 atom stereocenters. The quantitative estimate of drug-likeness (QED) is 0.785. The number of methoxy groups -OCH3 is 1. The van der Waals surface area contributed by atoms with Gasteiger partial charge in [0.15, 0.2) is 11.5 Å². The molecule has 0 radical (unpaired) electrons. The van der Waals surface area contributed by atoms with Crippen molar-refractivity contribution in [2.24, 2.45) is 0 Å². The molecule has 2 fully saturated rings. The first-order chi connectivity index (χ1) is 14.7. The van der Waals surface area contributed by atoms with E-state index in [1.807, 2.05) is 36.4 Å². The summed E-state index contributed by atoms with van der Waals surface area (Å²) in [5, 5.41) is 2.94. The average Bonchev–Trinajstić information content (AvgIpc) is 3.31. The average molecular weight is 412 g/mol. The molecule has 160 valence electrons. The molecule has 1 unspecified atom stereocenters. The number of hydrogen-bond donors (Lipinski definition) is 1.